The van der Waals surface area contributed by atoms with Gasteiger partial charge in [-0.25, -0.2) is 0 Å². The first-order valence-corrected chi connectivity index (χ1v) is 7.68. The van der Waals surface area contributed by atoms with Gasteiger partial charge in [0, 0.05) is 24.3 Å². The fraction of sp³-hybridized carbons (Fsp3) is 0.533. The number of hydrogen-bond donors (Lipinski definition) is 1. The number of nitrogens with one attached hydrogen (secondary N) is 1. The number of aromatic nitrogens is 2. The maximum Gasteiger partial charge on any atom is 0.0543 e. The summed E-state index contributed by atoms with van der Waals surface area (Å²) < 4.78 is 2.02. The Morgan fingerprint density at radius 3 is 2.74 bits per heavy atom. The summed E-state index contributed by atoms with van der Waals surface area (Å²) in [4.78, 5) is 0. The van der Waals surface area contributed by atoms with E-state index in [9.17, 15) is 0 Å². The first kappa shape index (κ1) is 14.3. The molecule has 0 saturated carbocycles. The average molecular weight is 277 g/mol. The molecule has 104 valence electrons. The van der Waals surface area contributed by atoms with Gasteiger partial charge in [-0.3, -0.25) is 4.68 Å². The highest BCUT2D eigenvalue weighted by molar-refractivity contribution is 7.07. The molecule has 1 atom stereocenters. The summed E-state index contributed by atoms with van der Waals surface area (Å²) in [5.41, 5.74) is 2.71. The lowest BCUT2D eigenvalue weighted by molar-refractivity contribution is 0.355. The van der Waals surface area contributed by atoms with Crippen LogP contribution in [-0.4, -0.2) is 15.8 Å². The monoisotopic (exact) mass is 277 g/mol. The predicted octanol–water partition coefficient (Wildman–Crippen LogP) is 3.42. The molecule has 4 heteroatoms. The lowest BCUT2D eigenvalue weighted by Gasteiger charge is -2.18. The van der Waals surface area contributed by atoms with E-state index in [0.717, 1.165) is 13.0 Å². The van der Waals surface area contributed by atoms with Gasteiger partial charge >= 0.3 is 0 Å². The van der Waals surface area contributed by atoms with Gasteiger partial charge in [0.05, 0.1) is 11.7 Å². The molecule has 0 bridgehead atoms. The molecule has 0 fully saturated rings. The van der Waals surface area contributed by atoms with Gasteiger partial charge in [-0.1, -0.05) is 0 Å². The molecular formula is C15H23N3S. The van der Waals surface area contributed by atoms with E-state index in [0.29, 0.717) is 6.04 Å². The Labute approximate surface area is 119 Å². The van der Waals surface area contributed by atoms with Gasteiger partial charge < -0.3 is 5.32 Å². The van der Waals surface area contributed by atoms with Crippen molar-refractivity contribution in [3.8, 4) is 0 Å². The molecule has 0 aromatic carbocycles. The molecule has 2 heterocycles. The van der Waals surface area contributed by atoms with Crippen molar-refractivity contribution >= 4 is 11.3 Å². The maximum atomic E-state index is 4.42. The zero-order valence-corrected chi connectivity index (χ0v) is 13.0. The van der Waals surface area contributed by atoms with Crippen LogP contribution < -0.4 is 5.32 Å². The van der Waals surface area contributed by atoms with Crippen molar-refractivity contribution in [3.05, 3.63) is 40.3 Å². The Kier molecular flexibility index (Phi) is 4.42. The lowest BCUT2D eigenvalue weighted by atomic mass is 10.1. The Morgan fingerprint density at radius 1 is 1.37 bits per heavy atom. The average Bonchev–Trinajstić information content (AvgIpc) is 2.95. The smallest absolute Gasteiger partial charge is 0.0543 e. The van der Waals surface area contributed by atoms with Crippen molar-refractivity contribution in [2.45, 2.75) is 52.2 Å². The minimum atomic E-state index is 0.0561. The molecule has 0 amide bonds. The van der Waals surface area contributed by atoms with Crippen LogP contribution in [0.3, 0.4) is 0 Å². The van der Waals surface area contributed by atoms with Crippen LogP contribution in [0.4, 0.5) is 0 Å². The molecule has 0 saturated heterocycles. The fourth-order valence-corrected chi connectivity index (χ4v) is 2.63. The summed E-state index contributed by atoms with van der Waals surface area (Å²) in [6.45, 7) is 9.59. The van der Waals surface area contributed by atoms with Crippen LogP contribution in [0.15, 0.2) is 29.2 Å². The third-order valence-corrected chi connectivity index (χ3v) is 3.83. The molecule has 19 heavy (non-hydrogen) atoms. The number of hydrogen-bond acceptors (Lipinski definition) is 3. The van der Waals surface area contributed by atoms with Crippen LogP contribution in [0, 0.1) is 0 Å². The van der Waals surface area contributed by atoms with Gasteiger partial charge in [0.2, 0.25) is 0 Å². The Balaban J connectivity index is 1.83. The van der Waals surface area contributed by atoms with Crippen LogP contribution in [0.25, 0.3) is 0 Å². The van der Waals surface area contributed by atoms with E-state index in [1.54, 1.807) is 11.3 Å². The standard InChI is InChI=1S/C15H23N3S/c1-12(7-13-5-6-19-11-13)16-8-14-9-17-18(10-14)15(2,3)4/h5-6,9-12,16H,7-8H2,1-4H3. The van der Waals surface area contributed by atoms with Crippen molar-refractivity contribution in [3.63, 3.8) is 0 Å². The lowest BCUT2D eigenvalue weighted by Crippen LogP contribution is -2.27. The van der Waals surface area contributed by atoms with Gasteiger partial charge in [0.25, 0.3) is 0 Å². The van der Waals surface area contributed by atoms with Crippen LogP contribution in [0.2, 0.25) is 0 Å². The molecule has 3 nitrogen and oxygen atoms in total. The van der Waals surface area contributed by atoms with Crippen molar-refractivity contribution < 1.29 is 0 Å². The molecule has 2 aromatic rings. The van der Waals surface area contributed by atoms with E-state index in [4.69, 9.17) is 0 Å². The summed E-state index contributed by atoms with van der Waals surface area (Å²) in [5, 5.41) is 12.3. The highest BCUT2D eigenvalue weighted by Gasteiger charge is 2.14. The third kappa shape index (κ3) is 4.18. The van der Waals surface area contributed by atoms with Crippen molar-refractivity contribution in [1.29, 1.82) is 0 Å². The van der Waals surface area contributed by atoms with E-state index in [1.807, 2.05) is 10.9 Å². The van der Waals surface area contributed by atoms with Crippen LogP contribution in [-0.2, 0) is 18.5 Å². The third-order valence-electron chi connectivity index (χ3n) is 3.10. The van der Waals surface area contributed by atoms with Crippen LogP contribution >= 0.6 is 11.3 Å². The zero-order chi connectivity index (χ0) is 13.9. The second kappa shape index (κ2) is 5.88. The van der Waals surface area contributed by atoms with E-state index in [-0.39, 0.29) is 5.54 Å². The highest BCUT2D eigenvalue weighted by atomic mass is 32.1. The van der Waals surface area contributed by atoms with E-state index in [1.165, 1.54) is 11.1 Å². The summed E-state index contributed by atoms with van der Waals surface area (Å²) >= 11 is 1.76. The van der Waals surface area contributed by atoms with Gasteiger partial charge in [-0.15, -0.1) is 0 Å². The minimum Gasteiger partial charge on any atom is -0.310 e. The summed E-state index contributed by atoms with van der Waals surface area (Å²) in [6, 6.07) is 2.67. The largest absolute Gasteiger partial charge is 0.310 e. The normalized spacial score (nSPS) is 13.7. The van der Waals surface area contributed by atoms with Gasteiger partial charge in [0.1, 0.15) is 0 Å². The molecule has 0 radical (unpaired) electrons. The first-order valence-electron chi connectivity index (χ1n) is 6.73. The number of rotatable bonds is 5. The van der Waals surface area contributed by atoms with Gasteiger partial charge in [-0.05, 0) is 56.5 Å². The fourth-order valence-electron chi connectivity index (χ4n) is 1.94. The van der Waals surface area contributed by atoms with Crippen LogP contribution in [0.5, 0.6) is 0 Å². The van der Waals surface area contributed by atoms with Crippen molar-refractivity contribution in [1.82, 2.24) is 15.1 Å². The summed E-state index contributed by atoms with van der Waals surface area (Å²) in [5.74, 6) is 0. The molecular weight excluding hydrogens is 254 g/mol. The molecule has 0 aliphatic heterocycles. The maximum absolute atomic E-state index is 4.42. The zero-order valence-electron chi connectivity index (χ0n) is 12.2. The second-order valence-corrected chi connectivity index (χ2v) is 6.86. The summed E-state index contributed by atoms with van der Waals surface area (Å²) in [6.07, 6.45) is 5.16. The molecule has 0 aliphatic carbocycles. The number of thiophene rings is 1. The SMILES string of the molecule is CC(Cc1ccsc1)NCc1cnn(C(C)(C)C)c1. The molecule has 1 unspecified atom stereocenters. The quantitative estimate of drug-likeness (QED) is 0.907. The Bertz CT molecular complexity index is 494. The molecule has 2 aromatic heterocycles. The first-order chi connectivity index (χ1) is 8.95. The minimum absolute atomic E-state index is 0.0561. The Morgan fingerprint density at radius 2 is 2.16 bits per heavy atom. The summed E-state index contributed by atoms with van der Waals surface area (Å²) in [7, 11) is 0. The van der Waals surface area contributed by atoms with Crippen molar-refractivity contribution in [2.24, 2.45) is 0 Å². The Hall–Kier alpha value is -1.13. The molecule has 0 spiro atoms. The van der Waals surface area contributed by atoms with E-state index >= 15 is 0 Å². The van der Waals surface area contributed by atoms with E-state index in [2.05, 4.69) is 61.1 Å². The predicted molar refractivity (Wildman–Crippen MR) is 81.5 cm³/mol. The second-order valence-electron chi connectivity index (χ2n) is 6.08. The molecule has 1 N–H and O–H groups in total. The topological polar surface area (TPSA) is 29.9 Å². The molecule has 2 rings (SSSR count). The van der Waals surface area contributed by atoms with Crippen LogP contribution in [0.1, 0.15) is 38.8 Å². The highest BCUT2D eigenvalue weighted by Crippen LogP contribution is 2.13. The molecule has 0 aliphatic rings. The van der Waals surface area contributed by atoms with Crippen molar-refractivity contribution in [2.75, 3.05) is 0 Å². The van der Waals surface area contributed by atoms with Gasteiger partial charge in [0.15, 0.2) is 0 Å². The number of nitrogens with zero attached hydrogens (tertiary/aromatic N) is 2. The van der Waals surface area contributed by atoms with E-state index < -0.39 is 0 Å². The van der Waals surface area contributed by atoms with Gasteiger partial charge in [-0.2, -0.15) is 16.4 Å².